The quantitative estimate of drug-likeness (QED) is 0.306. The Morgan fingerprint density at radius 2 is 2.00 bits per heavy atom. The molecule has 2 aromatic carbocycles. The van der Waals surface area contributed by atoms with Gasteiger partial charge in [-0.05, 0) is 36.8 Å². The molecular formula is C20H16N2O7. The van der Waals surface area contributed by atoms with Crippen LogP contribution < -0.4 is 4.74 Å². The van der Waals surface area contributed by atoms with Gasteiger partial charge in [-0.3, -0.25) is 10.1 Å². The number of hydrogen-bond acceptors (Lipinski definition) is 8. The number of esters is 2. The number of rotatable bonds is 7. The second-order valence-corrected chi connectivity index (χ2v) is 5.81. The van der Waals surface area contributed by atoms with Crippen molar-refractivity contribution < 1.29 is 28.7 Å². The third kappa shape index (κ3) is 5.04. The van der Waals surface area contributed by atoms with Crippen LogP contribution in [-0.2, 0) is 19.1 Å². The molecule has 0 bridgehead atoms. The Morgan fingerprint density at radius 1 is 1.24 bits per heavy atom. The number of ether oxygens (including phenoxy) is 3. The molecule has 0 fully saturated rings. The van der Waals surface area contributed by atoms with Crippen molar-refractivity contribution in [3.8, 4) is 5.75 Å². The van der Waals surface area contributed by atoms with Crippen LogP contribution in [0.25, 0.3) is 6.08 Å². The lowest BCUT2D eigenvalue weighted by atomic mass is 10.2. The molecule has 1 aliphatic heterocycles. The van der Waals surface area contributed by atoms with Crippen LogP contribution >= 0.6 is 0 Å². The maximum atomic E-state index is 12.1. The van der Waals surface area contributed by atoms with Crippen molar-refractivity contribution in [3.63, 3.8) is 0 Å². The largest absolute Gasteiger partial charge is 0.482 e. The molecule has 29 heavy (non-hydrogen) atoms. The number of cyclic esters (lactones) is 1. The maximum absolute atomic E-state index is 12.1. The zero-order valence-corrected chi connectivity index (χ0v) is 15.4. The number of aliphatic imine (C=N–C) groups is 1. The molecule has 0 unspecified atom stereocenters. The number of non-ortho nitro benzene ring substituents is 1. The van der Waals surface area contributed by atoms with E-state index in [1.807, 2.05) is 0 Å². The molecule has 0 aliphatic carbocycles. The number of benzene rings is 2. The van der Waals surface area contributed by atoms with Gasteiger partial charge in [-0.1, -0.05) is 18.2 Å². The molecule has 3 rings (SSSR count). The first-order chi connectivity index (χ1) is 14.0. The maximum Gasteiger partial charge on any atom is 0.363 e. The molecule has 0 atom stereocenters. The normalized spacial score (nSPS) is 14.3. The predicted molar refractivity (Wildman–Crippen MR) is 102 cm³/mol. The lowest BCUT2D eigenvalue weighted by Crippen LogP contribution is -2.14. The van der Waals surface area contributed by atoms with Crippen molar-refractivity contribution in [1.29, 1.82) is 0 Å². The van der Waals surface area contributed by atoms with E-state index < -0.39 is 16.9 Å². The first-order valence-corrected chi connectivity index (χ1v) is 8.62. The Balaban J connectivity index is 1.73. The molecule has 9 heteroatoms. The monoisotopic (exact) mass is 396 g/mol. The van der Waals surface area contributed by atoms with E-state index in [1.54, 1.807) is 37.3 Å². The Bertz CT molecular complexity index is 1010. The van der Waals surface area contributed by atoms with Gasteiger partial charge in [-0.15, -0.1) is 0 Å². The van der Waals surface area contributed by atoms with Gasteiger partial charge in [0.05, 0.1) is 11.5 Å². The van der Waals surface area contributed by atoms with Crippen LogP contribution in [-0.4, -0.2) is 36.0 Å². The summed E-state index contributed by atoms with van der Waals surface area (Å²) in [6, 6.07) is 12.3. The van der Waals surface area contributed by atoms with Gasteiger partial charge in [0.15, 0.2) is 12.3 Å². The highest BCUT2D eigenvalue weighted by atomic mass is 16.6. The van der Waals surface area contributed by atoms with E-state index in [0.29, 0.717) is 16.9 Å². The Hall–Kier alpha value is -4.01. The van der Waals surface area contributed by atoms with Gasteiger partial charge >= 0.3 is 11.9 Å². The number of nitro groups is 1. The molecule has 0 spiro atoms. The summed E-state index contributed by atoms with van der Waals surface area (Å²) in [4.78, 5) is 37.8. The SMILES string of the molecule is CCOC(=O)COc1ccc(/C=C2\N=C(c3cccc([N+](=O)[O-])c3)OC2=O)cc1. The van der Waals surface area contributed by atoms with Gasteiger partial charge in [-0.2, -0.15) is 0 Å². The zero-order valence-electron chi connectivity index (χ0n) is 15.4. The molecule has 148 valence electrons. The molecule has 1 heterocycles. The van der Waals surface area contributed by atoms with Crippen molar-refractivity contribution in [2.75, 3.05) is 13.2 Å². The van der Waals surface area contributed by atoms with Gasteiger partial charge < -0.3 is 14.2 Å². The molecule has 2 aromatic rings. The molecule has 0 saturated heterocycles. The van der Waals surface area contributed by atoms with E-state index >= 15 is 0 Å². The van der Waals surface area contributed by atoms with E-state index in [1.165, 1.54) is 24.3 Å². The Kier molecular flexibility index (Phi) is 5.98. The highest BCUT2D eigenvalue weighted by molar-refractivity contribution is 6.13. The number of nitro benzene ring substituents is 1. The average molecular weight is 396 g/mol. The summed E-state index contributed by atoms with van der Waals surface area (Å²) < 4.78 is 15.2. The van der Waals surface area contributed by atoms with Crippen molar-refractivity contribution in [1.82, 2.24) is 0 Å². The van der Waals surface area contributed by atoms with Crippen molar-refractivity contribution in [3.05, 3.63) is 75.5 Å². The third-order valence-corrected chi connectivity index (χ3v) is 3.77. The molecule has 9 nitrogen and oxygen atoms in total. The van der Waals surface area contributed by atoms with Crippen LogP contribution in [0.4, 0.5) is 5.69 Å². The van der Waals surface area contributed by atoms with Gasteiger partial charge in [0.1, 0.15) is 5.75 Å². The van der Waals surface area contributed by atoms with Crippen LogP contribution in [0.5, 0.6) is 5.75 Å². The van der Waals surface area contributed by atoms with E-state index in [0.717, 1.165) is 0 Å². The minimum atomic E-state index is -0.658. The number of nitrogens with zero attached hydrogens (tertiary/aromatic N) is 2. The van der Waals surface area contributed by atoms with Crippen LogP contribution in [0.15, 0.2) is 59.2 Å². The van der Waals surface area contributed by atoms with Crippen LogP contribution in [0.3, 0.4) is 0 Å². The second kappa shape index (κ2) is 8.79. The fourth-order valence-corrected chi connectivity index (χ4v) is 2.45. The number of carbonyl (C=O) groups excluding carboxylic acids is 2. The molecule has 0 saturated carbocycles. The van der Waals surface area contributed by atoms with Gasteiger partial charge in [-0.25, -0.2) is 14.6 Å². The summed E-state index contributed by atoms with van der Waals surface area (Å²) in [6.45, 7) is 1.79. The van der Waals surface area contributed by atoms with Gasteiger partial charge in [0.2, 0.25) is 5.90 Å². The highest BCUT2D eigenvalue weighted by Gasteiger charge is 2.25. The minimum Gasteiger partial charge on any atom is -0.482 e. The molecular weight excluding hydrogens is 380 g/mol. The summed E-state index contributed by atoms with van der Waals surface area (Å²) in [6.07, 6.45) is 1.52. The van der Waals surface area contributed by atoms with Gasteiger partial charge in [0.25, 0.3) is 5.69 Å². The van der Waals surface area contributed by atoms with E-state index in [2.05, 4.69) is 4.99 Å². The van der Waals surface area contributed by atoms with Crippen LogP contribution in [0.2, 0.25) is 0 Å². The van der Waals surface area contributed by atoms with E-state index in [4.69, 9.17) is 14.2 Å². The van der Waals surface area contributed by atoms with Crippen molar-refractivity contribution in [2.24, 2.45) is 4.99 Å². The summed E-state index contributed by atoms with van der Waals surface area (Å²) in [5, 5.41) is 10.9. The van der Waals surface area contributed by atoms with Gasteiger partial charge in [0, 0.05) is 17.7 Å². The molecule has 0 amide bonds. The topological polar surface area (TPSA) is 117 Å². The van der Waals surface area contributed by atoms with Crippen molar-refractivity contribution in [2.45, 2.75) is 6.92 Å². The number of hydrogen-bond donors (Lipinski definition) is 0. The Labute approximate surface area is 165 Å². The highest BCUT2D eigenvalue weighted by Crippen LogP contribution is 2.22. The molecule has 0 aromatic heterocycles. The molecule has 0 N–H and O–H groups in total. The smallest absolute Gasteiger partial charge is 0.363 e. The van der Waals surface area contributed by atoms with Crippen LogP contribution in [0.1, 0.15) is 18.1 Å². The average Bonchev–Trinajstić information content (AvgIpc) is 3.08. The lowest BCUT2D eigenvalue weighted by Gasteiger charge is -2.05. The van der Waals surface area contributed by atoms with E-state index in [-0.39, 0.29) is 30.5 Å². The van der Waals surface area contributed by atoms with E-state index in [9.17, 15) is 19.7 Å². The standard InChI is InChI=1S/C20H16N2O7/c1-2-27-18(23)12-28-16-8-6-13(7-9-16)10-17-20(24)29-19(21-17)14-4-3-5-15(11-14)22(25)26/h3-11H,2,12H2,1H3/b17-10-. The summed E-state index contributed by atoms with van der Waals surface area (Å²) in [7, 11) is 0. The summed E-state index contributed by atoms with van der Waals surface area (Å²) >= 11 is 0. The minimum absolute atomic E-state index is 0.000611. The fraction of sp³-hybridized carbons (Fsp3) is 0.150. The second-order valence-electron chi connectivity index (χ2n) is 5.81. The number of carbonyl (C=O) groups is 2. The fourth-order valence-electron chi connectivity index (χ4n) is 2.45. The van der Waals surface area contributed by atoms with Crippen molar-refractivity contribution >= 4 is 29.6 Å². The lowest BCUT2D eigenvalue weighted by molar-refractivity contribution is -0.384. The first kappa shape index (κ1) is 19.7. The molecule has 0 radical (unpaired) electrons. The van der Waals surface area contributed by atoms with Crippen LogP contribution in [0, 0.1) is 10.1 Å². The predicted octanol–water partition coefficient (Wildman–Crippen LogP) is 2.88. The zero-order chi connectivity index (χ0) is 20.8. The third-order valence-electron chi connectivity index (χ3n) is 3.77. The molecule has 1 aliphatic rings. The summed E-state index contributed by atoms with van der Waals surface area (Å²) in [5.41, 5.74) is 0.923. The summed E-state index contributed by atoms with van der Waals surface area (Å²) in [5.74, 6) is -0.654. The first-order valence-electron chi connectivity index (χ1n) is 8.62. The Morgan fingerprint density at radius 3 is 2.69 bits per heavy atom.